The number of unbranched alkanes of at least 4 members (excludes halogenated alkanes) is 1. The van der Waals surface area contributed by atoms with E-state index < -0.39 is 0 Å². The van der Waals surface area contributed by atoms with Gasteiger partial charge < -0.3 is 10.6 Å². The lowest BCUT2D eigenvalue weighted by Gasteiger charge is -2.08. The Morgan fingerprint density at radius 3 is 1.39 bits per heavy atom. The van der Waals surface area contributed by atoms with Crippen molar-refractivity contribution in [3.05, 3.63) is 95.3 Å². The second-order valence-electron chi connectivity index (χ2n) is 6.68. The predicted molar refractivity (Wildman–Crippen MR) is 114 cm³/mol. The third-order valence-electron chi connectivity index (χ3n) is 4.22. The zero-order chi connectivity index (χ0) is 20.2. The molecular formula is C24H28N2O2. The molecule has 2 aromatic rings. The van der Waals surface area contributed by atoms with Gasteiger partial charge in [-0.3, -0.25) is 9.59 Å². The van der Waals surface area contributed by atoms with Crippen molar-refractivity contribution < 1.29 is 9.59 Å². The van der Waals surface area contributed by atoms with Crippen LogP contribution in [0.3, 0.4) is 0 Å². The van der Waals surface area contributed by atoms with Crippen molar-refractivity contribution in [3.8, 4) is 0 Å². The number of carbonyl (C=O) groups is 2. The van der Waals surface area contributed by atoms with Gasteiger partial charge in [0.25, 0.3) is 0 Å². The van der Waals surface area contributed by atoms with E-state index in [1.54, 1.807) is 12.2 Å². The summed E-state index contributed by atoms with van der Waals surface area (Å²) in [5.74, 6) is 0.0206. The summed E-state index contributed by atoms with van der Waals surface area (Å²) >= 11 is 0. The van der Waals surface area contributed by atoms with Crippen molar-refractivity contribution >= 4 is 11.6 Å². The Hall–Kier alpha value is -3.14. The van der Waals surface area contributed by atoms with Crippen molar-refractivity contribution in [1.29, 1.82) is 0 Å². The zero-order valence-electron chi connectivity index (χ0n) is 16.6. The average Bonchev–Trinajstić information content (AvgIpc) is 2.71. The highest BCUT2D eigenvalue weighted by molar-refractivity contribution is 6.05. The fraction of sp³-hybridized carbons (Fsp3) is 0.250. The van der Waals surface area contributed by atoms with E-state index in [0.717, 1.165) is 37.3 Å². The molecule has 0 spiro atoms. The standard InChI is InChI=1S/C24H28N2O2/c1-19(17-23(27)21-11-5-3-6-12-21)25-15-9-10-16-26-20(2)18-24(28)22-13-7-4-8-14-22/h3-8,11-14,17-18,25-26H,9-10,15-16H2,1-2H3/b19-17-,20-18-. The number of hydrogen-bond donors (Lipinski definition) is 2. The molecule has 0 saturated heterocycles. The average molecular weight is 377 g/mol. The highest BCUT2D eigenvalue weighted by atomic mass is 16.1. The van der Waals surface area contributed by atoms with Crippen LogP contribution in [-0.2, 0) is 0 Å². The summed E-state index contributed by atoms with van der Waals surface area (Å²) in [5, 5.41) is 6.54. The Morgan fingerprint density at radius 1 is 0.679 bits per heavy atom. The fourth-order valence-corrected chi connectivity index (χ4v) is 2.69. The van der Waals surface area contributed by atoms with Gasteiger partial charge in [0.05, 0.1) is 0 Å². The first kappa shape index (κ1) is 21.2. The van der Waals surface area contributed by atoms with Crippen LogP contribution in [0.4, 0.5) is 0 Å². The molecule has 2 N–H and O–H groups in total. The van der Waals surface area contributed by atoms with Gasteiger partial charge in [-0.1, -0.05) is 60.7 Å². The number of benzene rings is 2. The number of rotatable bonds is 11. The van der Waals surface area contributed by atoms with Gasteiger partial charge >= 0.3 is 0 Å². The van der Waals surface area contributed by atoms with E-state index >= 15 is 0 Å². The molecule has 28 heavy (non-hydrogen) atoms. The molecule has 0 amide bonds. The molecule has 0 aliphatic carbocycles. The van der Waals surface area contributed by atoms with Crippen LogP contribution >= 0.6 is 0 Å². The van der Waals surface area contributed by atoms with Gasteiger partial charge in [0.15, 0.2) is 11.6 Å². The summed E-state index contributed by atoms with van der Waals surface area (Å²) in [6.07, 6.45) is 5.21. The van der Waals surface area contributed by atoms with Crippen LogP contribution in [0.2, 0.25) is 0 Å². The molecule has 146 valence electrons. The van der Waals surface area contributed by atoms with Gasteiger partial charge in [-0.05, 0) is 26.7 Å². The second-order valence-corrected chi connectivity index (χ2v) is 6.68. The summed E-state index contributed by atoms with van der Waals surface area (Å²) in [6, 6.07) is 18.5. The van der Waals surface area contributed by atoms with Crippen LogP contribution in [0, 0.1) is 0 Å². The topological polar surface area (TPSA) is 58.2 Å². The van der Waals surface area contributed by atoms with Crippen molar-refractivity contribution in [2.45, 2.75) is 26.7 Å². The Labute approximate surface area is 167 Å². The normalized spacial score (nSPS) is 11.8. The van der Waals surface area contributed by atoms with Gasteiger partial charge in [-0.2, -0.15) is 0 Å². The minimum Gasteiger partial charge on any atom is -0.388 e. The molecule has 0 heterocycles. The lowest BCUT2D eigenvalue weighted by atomic mass is 10.1. The molecule has 0 bridgehead atoms. The summed E-state index contributed by atoms with van der Waals surface area (Å²) in [7, 11) is 0. The van der Waals surface area contributed by atoms with Crippen LogP contribution in [0.5, 0.6) is 0 Å². The highest BCUT2D eigenvalue weighted by Crippen LogP contribution is 2.04. The van der Waals surface area contributed by atoms with E-state index in [-0.39, 0.29) is 11.6 Å². The molecule has 0 radical (unpaired) electrons. The first-order valence-electron chi connectivity index (χ1n) is 9.59. The maximum atomic E-state index is 12.1. The molecule has 0 aromatic heterocycles. The molecule has 0 unspecified atom stereocenters. The van der Waals surface area contributed by atoms with E-state index in [2.05, 4.69) is 10.6 Å². The Morgan fingerprint density at radius 2 is 1.04 bits per heavy atom. The quantitative estimate of drug-likeness (QED) is 0.344. The Bertz CT molecular complexity index is 753. The van der Waals surface area contributed by atoms with Crippen molar-refractivity contribution in [2.75, 3.05) is 13.1 Å². The van der Waals surface area contributed by atoms with Gasteiger partial charge in [-0.15, -0.1) is 0 Å². The van der Waals surface area contributed by atoms with Gasteiger partial charge in [-0.25, -0.2) is 0 Å². The van der Waals surface area contributed by atoms with E-state index in [1.165, 1.54) is 0 Å². The highest BCUT2D eigenvalue weighted by Gasteiger charge is 2.03. The van der Waals surface area contributed by atoms with E-state index in [1.807, 2.05) is 74.5 Å². The number of nitrogens with one attached hydrogen (secondary N) is 2. The summed E-state index contributed by atoms with van der Waals surface area (Å²) in [5.41, 5.74) is 3.12. The third kappa shape index (κ3) is 7.62. The van der Waals surface area contributed by atoms with Crippen LogP contribution in [-0.4, -0.2) is 24.7 Å². The molecule has 0 atom stereocenters. The maximum absolute atomic E-state index is 12.1. The van der Waals surface area contributed by atoms with E-state index in [0.29, 0.717) is 11.1 Å². The van der Waals surface area contributed by atoms with Gasteiger partial charge in [0.1, 0.15) is 0 Å². The second kappa shape index (κ2) is 11.5. The minimum absolute atomic E-state index is 0.0103. The molecule has 2 aromatic carbocycles. The summed E-state index contributed by atoms with van der Waals surface area (Å²) < 4.78 is 0. The fourth-order valence-electron chi connectivity index (χ4n) is 2.69. The van der Waals surface area contributed by atoms with Crippen molar-refractivity contribution in [3.63, 3.8) is 0 Å². The molecule has 0 aliphatic rings. The monoisotopic (exact) mass is 376 g/mol. The first-order valence-corrected chi connectivity index (χ1v) is 9.59. The largest absolute Gasteiger partial charge is 0.388 e. The van der Waals surface area contributed by atoms with E-state index in [9.17, 15) is 9.59 Å². The minimum atomic E-state index is 0.0103. The molecule has 0 aliphatic heterocycles. The smallest absolute Gasteiger partial charge is 0.187 e. The van der Waals surface area contributed by atoms with Crippen LogP contribution in [0.25, 0.3) is 0 Å². The molecule has 0 fully saturated rings. The van der Waals surface area contributed by atoms with Crippen molar-refractivity contribution in [2.24, 2.45) is 0 Å². The lowest BCUT2D eigenvalue weighted by Crippen LogP contribution is -2.18. The van der Waals surface area contributed by atoms with Crippen LogP contribution in [0.1, 0.15) is 47.4 Å². The number of ketones is 2. The molecule has 4 heteroatoms. The molecule has 4 nitrogen and oxygen atoms in total. The van der Waals surface area contributed by atoms with E-state index in [4.69, 9.17) is 0 Å². The zero-order valence-corrected chi connectivity index (χ0v) is 16.6. The molecule has 0 saturated carbocycles. The first-order chi connectivity index (χ1) is 13.6. The molecule has 2 rings (SSSR count). The van der Waals surface area contributed by atoms with Gasteiger partial charge in [0.2, 0.25) is 0 Å². The number of allylic oxidation sites excluding steroid dienone is 4. The predicted octanol–water partition coefficient (Wildman–Crippen LogP) is 4.52. The van der Waals surface area contributed by atoms with Crippen LogP contribution < -0.4 is 10.6 Å². The number of carbonyl (C=O) groups excluding carboxylic acids is 2. The molecular weight excluding hydrogens is 348 g/mol. The summed E-state index contributed by atoms with van der Waals surface area (Å²) in [6.45, 7) is 5.41. The number of hydrogen-bond acceptors (Lipinski definition) is 4. The lowest BCUT2D eigenvalue weighted by molar-refractivity contribution is 0.103. The Balaban J connectivity index is 1.63. The Kier molecular flexibility index (Phi) is 8.73. The maximum Gasteiger partial charge on any atom is 0.187 e. The third-order valence-corrected chi connectivity index (χ3v) is 4.22. The van der Waals surface area contributed by atoms with Crippen LogP contribution in [0.15, 0.2) is 84.2 Å². The SMILES string of the molecule is C/C(=C/C(=O)c1ccccc1)NCCCCN/C(C)=C\C(=O)c1ccccc1. The van der Waals surface area contributed by atoms with Gasteiger partial charge in [0, 0.05) is 47.8 Å². The summed E-state index contributed by atoms with van der Waals surface area (Å²) in [4.78, 5) is 24.2. The van der Waals surface area contributed by atoms with Crippen molar-refractivity contribution in [1.82, 2.24) is 10.6 Å².